The number of anilines is 1. The smallest absolute Gasteiger partial charge is 0.390 e. The van der Waals surface area contributed by atoms with Gasteiger partial charge in [0.1, 0.15) is 0 Å². The van der Waals surface area contributed by atoms with Crippen LogP contribution in [0.1, 0.15) is 16.8 Å². The van der Waals surface area contributed by atoms with Crippen LogP contribution in [0.2, 0.25) is 5.02 Å². The third kappa shape index (κ3) is 4.48. The number of carboxylic acid groups (broad SMARTS) is 1. The first kappa shape index (κ1) is 17.0. The monoisotopic (exact) mass is 326 g/mol. The van der Waals surface area contributed by atoms with Gasteiger partial charge in [-0.2, -0.15) is 13.2 Å². The van der Waals surface area contributed by atoms with Crippen molar-refractivity contribution in [3.63, 3.8) is 0 Å². The summed E-state index contributed by atoms with van der Waals surface area (Å²) in [6, 6.07) is 1.65. The number of alkyl halides is 3. The van der Waals surface area contributed by atoms with Crippen LogP contribution in [-0.4, -0.2) is 35.8 Å². The van der Waals surface area contributed by atoms with Crippen molar-refractivity contribution in [2.24, 2.45) is 0 Å². The number of hydrogen-bond donors (Lipinski definition) is 1. The zero-order valence-corrected chi connectivity index (χ0v) is 11.4. The average molecular weight is 327 g/mol. The lowest BCUT2D eigenvalue weighted by Crippen LogP contribution is -2.26. The van der Waals surface area contributed by atoms with Gasteiger partial charge in [0.15, 0.2) is 0 Å². The van der Waals surface area contributed by atoms with Gasteiger partial charge in [-0.3, -0.25) is 10.1 Å². The zero-order chi connectivity index (χ0) is 16.4. The number of halogens is 4. The molecule has 6 nitrogen and oxygen atoms in total. The summed E-state index contributed by atoms with van der Waals surface area (Å²) < 4.78 is 36.6. The molecule has 0 bridgehead atoms. The molecule has 0 amide bonds. The molecule has 0 atom stereocenters. The predicted octanol–water partition coefficient (Wildman–Crippen LogP) is 3.34. The van der Waals surface area contributed by atoms with Crippen molar-refractivity contribution >= 4 is 28.9 Å². The fraction of sp³-hybridized carbons (Fsp3) is 0.364. The molecule has 0 fully saturated rings. The van der Waals surface area contributed by atoms with Crippen LogP contribution in [0.3, 0.4) is 0 Å². The highest BCUT2D eigenvalue weighted by molar-refractivity contribution is 6.34. The van der Waals surface area contributed by atoms with Crippen LogP contribution in [0.15, 0.2) is 12.1 Å². The Kier molecular flexibility index (Phi) is 5.00. The molecule has 21 heavy (non-hydrogen) atoms. The van der Waals surface area contributed by atoms with Crippen LogP contribution in [0, 0.1) is 10.1 Å². The molecule has 1 aromatic carbocycles. The minimum Gasteiger partial charge on any atom is -0.478 e. The van der Waals surface area contributed by atoms with Crippen molar-refractivity contribution in [2.75, 3.05) is 18.5 Å². The fourth-order valence-electron chi connectivity index (χ4n) is 1.65. The van der Waals surface area contributed by atoms with E-state index >= 15 is 0 Å². The maximum absolute atomic E-state index is 12.2. The molecular formula is C11H10ClF3N2O4. The van der Waals surface area contributed by atoms with E-state index < -0.39 is 41.3 Å². The summed E-state index contributed by atoms with van der Waals surface area (Å²) in [5, 5.41) is 19.4. The van der Waals surface area contributed by atoms with Crippen molar-refractivity contribution < 1.29 is 28.0 Å². The van der Waals surface area contributed by atoms with E-state index in [2.05, 4.69) is 0 Å². The van der Waals surface area contributed by atoms with Gasteiger partial charge in [0.25, 0.3) is 5.69 Å². The molecule has 1 N–H and O–H groups in total. The molecule has 0 saturated carbocycles. The van der Waals surface area contributed by atoms with Crippen molar-refractivity contribution in [3.8, 4) is 0 Å². The maximum atomic E-state index is 12.2. The van der Waals surface area contributed by atoms with Gasteiger partial charge in [-0.25, -0.2) is 4.79 Å². The lowest BCUT2D eigenvalue weighted by molar-refractivity contribution is -0.384. The normalized spacial score (nSPS) is 11.3. The fourth-order valence-corrected chi connectivity index (χ4v) is 2.01. The highest BCUT2D eigenvalue weighted by atomic mass is 35.5. The number of nitro benzene ring substituents is 1. The Bertz CT molecular complexity index is 577. The number of carboxylic acids is 1. The van der Waals surface area contributed by atoms with E-state index in [0.717, 1.165) is 17.0 Å². The Morgan fingerprint density at radius 3 is 2.48 bits per heavy atom. The standard InChI is InChI=1S/C11H10ClF3N2O4/c1-16(3-2-11(13,14)15)9-7(10(18)19)4-6(17(20)21)5-8(9)12/h4-5H,2-3H2,1H3,(H,18,19). The summed E-state index contributed by atoms with van der Waals surface area (Å²) in [5.41, 5.74) is -1.27. The summed E-state index contributed by atoms with van der Waals surface area (Å²) in [4.78, 5) is 21.9. The largest absolute Gasteiger partial charge is 0.478 e. The van der Waals surface area contributed by atoms with Gasteiger partial charge in [0, 0.05) is 25.7 Å². The molecule has 10 heteroatoms. The van der Waals surface area contributed by atoms with E-state index in [1.54, 1.807) is 0 Å². The van der Waals surface area contributed by atoms with Gasteiger partial charge in [-0.1, -0.05) is 11.6 Å². The topological polar surface area (TPSA) is 83.7 Å². The van der Waals surface area contributed by atoms with Gasteiger partial charge in [0.2, 0.25) is 0 Å². The first-order chi connectivity index (χ1) is 9.53. The van der Waals surface area contributed by atoms with Crippen molar-refractivity contribution in [1.82, 2.24) is 0 Å². The molecule has 0 unspecified atom stereocenters. The molecule has 0 aliphatic rings. The number of non-ortho nitro benzene ring substituents is 1. The first-order valence-corrected chi connectivity index (χ1v) is 5.90. The Morgan fingerprint density at radius 2 is 2.05 bits per heavy atom. The average Bonchev–Trinajstić information content (AvgIpc) is 2.33. The molecule has 0 saturated heterocycles. The van der Waals surface area contributed by atoms with Crippen molar-refractivity contribution in [2.45, 2.75) is 12.6 Å². The van der Waals surface area contributed by atoms with Crippen molar-refractivity contribution in [1.29, 1.82) is 0 Å². The van der Waals surface area contributed by atoms with Crippen LogP contribution < -0.4 is 4.90 Å². The van der Waals surface area contributed by atoms with Gasteiger partial charge in [0.05, 0.1) is 27.6 Å². The molecule has 0 heterocycles. The highest BCUT2D eigenvalue weighted by Gasteiger charge is 2.29. The molecule has 0 spiro atoms. The number of carbonyl (C=O) groups is 1. The van der Waals surface area contributed by atoms with Gasteiger partial charge >= 0.3 is 12.1 Å². The van der Waals surface area contributed by atoms with Crippen LogP contribution in [-0.2, 0) is 0 Å². The number of aromatic carboxylic acids is 1. The molecule has 0 aliphatic heterocycles. The third-order valence-electron chi connectivity index (χ3n) is 2.60. The summed E-state index contributed by atoms with van der Waals surface area (Å²) >= 11 is 5.78. The predicted molar refractivity (Wildman–Crippen MR) is 69.0 cm³/mol. The molecule has 1 aromatic rings. The summed E-state index contributed by atoms with van der Waals surface area (Å²) in [5.74, 6) is -1.52. The number of nitrogens with zero attached hydrogens (tertiary/aromatic N) is 2. The highest BCUT2D eigenvalue weighted by Crippen LogP contribution is 2.34. The zero-order valence-electron chi connectivity index (χ0n) is 10.6. The molecule has 0 aliphatic carbocycles. The number of rotatable bonds is 5. The van der Waals surface area contributed by atoms with E-state index in [9.17, 15) is 28.1 Å². The Labute approximate surface area is 121 Å². The summed E-state index contributed by atoms with van der Waals surface area (Å²) in [7, 11) is 1.23. The Hall–Kier alpha value is -2.03. The van der Waals surface area contributed by atoms with E-state index in [0.29, 0.717) is 0 Å². The number of nitro groups is 1. The molecule has 0 radical (unpaired) electrons. The third-order valence-corrected chi connectivity index (χ3v) is 2.89. The number of hydrogen-bond acceptors (Lipinski definition) is 4. The second-order valence-electron chi connectivity index (χ2n) is 4.17. The van der Waals surface area contributed by atoms with Crippen LogP contribution in [0.5, 0.6) is 0 Å². The quantitative estimate of drug-likeness (QED) is 0.662. The van der Waals surface area contributed by atoms with E-state index in [1.807, 2.05) is 0 Å². The van der Waals surface area contributed by atoms with E-state index in [1.165, 1.54) is 7.05 Å². The lowest BCUT2D eigenvalue weighted by Gasteiger charge is -2.23. The maximum Gasteiger partial charge on any atom is 0.390 e. The second kappa shape index (κ2) is 6.17. The van der Waals surface area contributed by atoms with Crippen LogP contribution in [0.4, 0.5) is 24.5 Å². The van der Waals surface area contributed by atoms with Crippen LogP contribution in [0.25, 0.3) is 0 Å². The van der Waals surface area contributed by atoms with E-state index in [-0.39, 0.29) is 10.7 Å². The molecule has 116 valence electrons. The van der Waals surface area contributed by atoms with Gasteiger partial charge < -0.3 is 10.0 Å². The molecular weight excluding hydrogens is 317 g/mol. The summed E-state index contributed by atoms with van der Waals surface area (Å²) in [6.45, 7) is -0.526. The Morgan fingerprint density at radius 1 is 1.48 bits per heavy atom. The lowest BCUT2D eigenvalue weighted by atomic mass is 10.1. The SMILES string of the molecule is CN(CCC(F)(F)F)c1c(Cl)cc([N+](=O)[O-])cc1C(=O)O. The Balaban J connectivity index is 3.22. The molecule has 0 aromatic heterocycles. The van der Waals surface area contributed by atoms with Gasteiger partial charge in [-0.05, 0) is 0 Å². The minimum absolute atomic E-state index is 0.195. The van der Waals surface area contributed by atoms with E-state index in [4.69, 9.17) is 16.7 Å². The molecule has 1 rings (SSSR count). The minimum atomic E-state index is -4.41. The summed E-state index contributed by atoms with van der Waals surface area (Å²) in [6.07, 6.45) is -5.58. The number of benzene rings is 1. The second-order valence-corrected chi connectivity index (χ2v) is 4.58. The first-order valence-electron chi connectivity index (χ1n) is 5.52. The van der Waals surface area contributed by atoms with Gasteiger partial charge in [-0.15, -0.1) is 0 Å². The van der Waals surface area contributed by atoms with Crippen molar-refractivity contribution in [3.05, 3.63) is 32.8 Å². The van der Waals surface area contributed by atoms with Crippen LogP contribution >= 0.6 is 11.6 Å².